The van der Waals surface area contributed by atoms with Crippen LogP contribution in [-0.4, -0.2) is 29.8 Å². The molecule has 2 heterocycles. The van der Waals surface area contributed by atoms with Crippen LogP contribution >= 0.6 is 0 Å². The lowest BCUT2D eigenvalue weighted by atomic mass is 9.97. The molecule has 1 aliphatic rings. The molecular formula is C16H23N3O. The molecule has 0 aliphatic carbocycles. The van der Waals surface area contributed by atoms with E-state index in [-0.39, 0.29) is 0 Å². The number of imidazole rings is 1. The lowest BCUT2D eigenvalue weighted by molar-refractivity contribution is 0.415. The summed E-state index contributed by atoms with van der Waals surface area (Å²) in [6.45, 7) is 7.67. The summed E-state index contributed by atoms with van der Waals surface area (Å²) in [5.74, 6) is 3.26. The predicted molar refractivity (Wildman–Crippen MR) is 81.4 cm³/mol. The lowest BCUT2D eigenvalue weighted by Gasteiger charge is -2.16. The van der Waals surface area contributed by atoms with Crippen molar-refractivity contribution in [3.05, 3.63) is 24.0 Å². The minimum Gasteiger partial charge on any atom is -0.497 e. The monoisotopic (exact) mass is 273 g/mol. The van der Waals surface area contributed by atoms with Gasteiger partial charge in [-0.2, -0.15) is 0 Å². The van der Waals surface area contributed by atoms with Gasteiger partial charge in [0.2, 0.25) is 0 Å². The van der Waals surface area contributed by atoms with E-state index in [1.807, 2.05) is 12.1 Å². The highest BCUT2D eigenvalue weighted by Gasteiger charge is 2.29. The molecule has 1 aliphatic heterocycles. The van der Waals surface area contributed by atoms with Crippen LogP contribution in [0.2, 0.25) is 0 Å². The molecule has 0 bridgehead atoms. The van der Waals surface area contributed by atoms with E-state index in [9.17, 15) is 0 Å². The van der Waals surface area contributed by atoms with Gasteiger partial charge in [-0.15, -0.1) is 0 Å². The van der Waals surface area contributed by atoms with E-state index in [1.165, 1.54) is 11.3 Å². The summed E-state index contributed by atoms with van der Waals surface area (Å²) in [6.07, 6.45) is 1.12. The summed E-state index contributed by atoms with van der Waals surface area (Å²) >= 11 is 0. The van der Waals surface area contributed by atoms with Crippen molar-refractivity contribution in [1.82, 2.24) is 14.9 Å². The third kappa shape index (κ3) is 2.18. The molecule has 0 amide bonds. The molecule has 1 saturated heterocycles. The van der Waals surface area contributed by atoms with Gasteiger partial charge in [0, 0.05) is 25.1 Å². The summed E-state index contributed by atoms with van der Waals surface area (Å²) < 4.78 is 7.71. The number of methoxy groups -OCH3 is 1. The molecule has 3 rings (SSSR count). The third-order valence-corrected chi connectivity index (χ3v) is 4.28. The molecule has 108 valence electrons. The number of aryl methyl sites for hydroxylation is 1. The van der Waals surface area contributed by atoms with Crippen molar-refractivity contribution in [2.45, 2.75) is 32.7 Å². The van der Waals surface area contributed by atoms with Crippen LogP contribution in [0.3, 0.4) is 0 Å². The molecule has 1 aromatic heterocycles. The highest BCUT2D eigenvalue weighted by Crippen LogP contribution is 2.31. The quantitative estimate of drug-likeness (QED) is 0.931. The van der Waals surface area contributed by atoms with Gasteiger partial charge in [-0.05, 0) is 31.0 Å². The Morgan fingerprint density at radius 3 is 2.90 bits per heavy atom. The zero-order valence-electron chi connectivity index (χ0n) is 12.5. The first-order valence-corrected chi connectivity index (χ1v) is 7.49. The maximum Gasteiger partial charge on any atom is 0.121 e. The molecule has 0 spiro atoms. The van der Waals surface area contributed by atoms with Gasteiger partial charge < -0.3 is 14.6 Å². The van der Waals surface area contributed by atoms with Gasteiger partial charge in [-0.1, -0.05) is 13.8 Å². The fourth-order valence-electron chi connectivity index (χ4n) is 3.15. The second-order valence-electron chi connectivity index (χ2n) is 5.72. The van der Waals surface area contributed by atoms with Gasteiger partial charge in [0.15, 0.2) is 0 Å². The lowest BCUT2D eigenvalue weighted by Crippen LogP contribution is -2.15. The number of benzene rings is 1. The number of fused-ring (bicyclic) bond motifs is 1. The smallest absolute Gasteiger partial charge is 0.121 e. The van der Waals surface area contributed by atoms with Crippen molar-refractivity contribution < 1.29 is 4.74 Å². The Bertz CT molecular complexity index is 605. The molecule has 0 unspecified atom stereocenters. The van der Waals surface area contributed by atoms with E-state index in [0.717, 1.165) is 37.3 Å². The fraction of sp³-hybridized carbons (Fsp3) is 0.562. The van der Waals surface area contributed by atoms with E-state index in [1.54, 1.807) is 7.11 Å². The SMILES string of the molecule is CCCn1c([C@@H]2CNC[C@H]2C)nc2cc(OC)ccc21. The summed E-state index contributed by atoms with van der Waals surface area (Å²) in [5, 5.41) is 3.48. The van der Waals surface area contributed by atoms with E-state index in [2.05, 4.69) is 29.8 Å². The first-order chi connectivity index (χ1) is 9.74. The van der Waals surface area contributed by atoms with Crippen molar-refractivity contribution >= 4 is 11.0 Å². The maximum absolute atomic E-state index is 5.32. The van der Waals surface area contributed by atoms with E-state index in [4.69, 9.17) is 9.72 Å². The van der Waals surface area contributed by atoms with Gasteiger partial charge in [0.25, 0.3) is 0 Å². The van der Waals surface area contributed by atoms with Crippen molar-refractivity contribution in [2.24, 2.45) is 5.92 Å². The largest absolute Gasteiger partial charge is 0.497 e. The molecule has 20 heavy (non-hydrogen) atoms. The van der Waals surface area contributed by atoms with Crippen LogP contribution in [-0.2, 0) is 6.54 Å². The normalized spacial score (nSPS) is 22.6. The summed E-state index contributed by atoms with van der Waals surface area (Å²) in [4.78, 5) is 4.92. The molecule has 1 N–H and O–H groups in total. The maximum atomic E-state index is 5.32. The average molecular weight is 273 g/mol. The molecule has 2 atom stereocenters. The molecule has 2 aromatic rings. The van der Waals surface area contributed by atoms with Crippen LogP contribution in [0, 0.1) is 5.92 Å². The topological polar surface area (TPSA) is 39.1 Å². The number of ether oxygens (including phenoxy) is 1. The van der Waals surface area contributed by atoms with E-state index in [0.29, 0.717) is 11.8 Å². The Hall–Kier alpha value is -1.55. The Morgan fingerprint density at radius 1 is 1.40 bits per heavy atom. The summed E-state index contributed by atoms with van der Waals surface area (Å²) in [6, 6.07) is 6.20. The second-order valence-corrected chi connectivity index (χ2v) is 5.72. The number of nitrogens with zero attached hydrogens (tertiary/aromatic N) is 2. The highest BCUT2D eigenvalue weighted by atomic mass is 16.5. The molecular weight excluding hydrogens is 250 g/mol. The van der Waals surface area contributed by atoms with Crippen LogP contribution in [0.5, 0.6) is 5.75 Å². The zero-order valence-corrected chi connectivity index (χ0v) is 12.5. The molecule has 0 radical (unpaired) electrons. The van der Waals surface area contributed by atoms with Crippen molar-refractivity contribution in [2.75, 3.05) is 20.2 Å². The zero-order chi connectivity index (χ0) is 14.1. The Kier molecular flexibility index (Phi) is 3.66. The van der Waals surface area contributed by atoms with Gasteiger partial charge in [-0.25, -0.2) is 4.98 Å². The fourth-order valence-corrected chi connectivity index (χ4v) is 3.15. The first-order valence-electron chi connectivity index (χ1n) is 7.49. The molecule has 0 saturated carbocycles. The van der Waals surface area contributed by atoms with E-state index < -0.39 is 0 Å². The molecule has 4 nitrogen and oxygen atoms in total. The van der Waals surface area contributed by atoms with Crippen LogP contribution in [0.15, 0.2) is 18.2 Å². The summed E-state index contributed by atoms with van der Waals surface area (Å²) in [7, 11) is 1.70. The second kappa shape index (κ2) is 5.44. The minimum absolute atomic E-state index is 0.514. The van der Waals surface area contributed by atoms with Crippen LogP contribution in [0.1, 0.15) is 32.0 Å². The predicted octanol–water partition coefficient (Wildman–Crippen LogP) is 2.78. The number of aromatic nitrogens is 2. The standard InChI is InChI=1S/C16H23N3O/c1-4-7-19-15-6-5-12(20-3)8-14(15)18-16(19)13-10-17-9-11(13)2/h5-6,8,11,13,17H,4,7,9-10H2,1-3H3/t11-,13-/m1/s1. The Morgan fingerprint density at radius 2 is 2.25 bits per heavy atom. The first kappa shape index (κ1) is 13.4. The van der Waals surface area contributed by atoms with Crippen molar-refractivity contribution in [3.8, 4) is 5.75 Å². The Labute approximate surface area is 120 Å². The van der Waals surface area contributed by atoms with E-state index >= 15 is 0 Å². The van der Waals surface area contributed by atoms with Crippen LogP contribution in [0.4, 0.5) is 0 Å². The molecule has 1 fully saturated rings. The van der Waals surface area contributed by atoms with Crippen molar-refractivity contribution in [1.29, 1.82) is 0 Å². The van der Waals surface area contributed by atoms with Crippen molar-refractivity contribution in [3.63, 3.8) is 0 Å². The van der Waals surface area contributed by atoms with Gasteiger partial charge in [0.05, 0.1) is 18.1 Å². The average Bonchev–Trinajstić information content (AvgIpc) is 3.02. The van der Waals surface area contributed by atoms with Gasteiger partial charge in [0.1, 0.15) is 11.6 Å². The van der Waals surface area contributed by atoms with Crippen LogP contribution < -0.4 is 10.1 Å². The molecule has 1 aromatic carbocycles. The number of hydrogen-bond donors (Lipinski definition) is 1. The number of nitrogens with one attached hydrogen (secondary N) is 1. The number of rotatable bonds is 4. The van der Waals surface area contributed by atoms with Gasteiger partial charge in [-0.3, -0.25) is 0 Å². The van der Waals surface area contributed by atoms with Gasteiger partial charge >= 0.3 is 0 Å². The molecule has 4 heteroatoms. The van der Waals surface area contributed by atoms with Crippen LogP contribution in [0.25, 0.3) is 11.0 Å². The summed E-state index contributed by atoms with van der Waals surface area (Å²) in [5.41, 5.74) is 2.27. The number of hydrogen-bond acceptors (Lipinski definition) is 3. The third-order valence-electron chi connectivity index (χ3n) is 4.28. The Balaban J connectivity index is 2.11. The highest BCUT2D eigenvalue weighted by molar-refractivity contribution is 5.78. The minimum atomic E-state index is 0.514.